The van der Waals surface area contributed by atoms with Gasteiger partial charge in [0.15, 0.2) is 17.5 Å². The van der Waals surface area contributed by atoms with Crippen LogP contribution in [0.2, 0.25) is 0 Å². The van der Waals surface area contributed by atoms with Crippen molar-refractivity contribution in [1.82, 2.24) is 15.6 Å². The van der Waals surface area contributed by atoms with Gasteiger partial charge in [0.25, 0.3) is 0 Å². The fraction of sp³-hybridized carbons (Fsp3) is 0.211. The number of phenolic OH excluding ortho intramolecular Hbond substituents is 1. The van der Waals surface area contributed by atoms with Crippen molar-refractivity contribution >= 4 is 16.9 Å². The fourth-order valence-electron chi connectivity index (χ4n) is 2.74. The number of phenols is 1. The Morgan fingerprint density at radius 2 is 2.00 bits per heavy atom. The van der Waals surface area contributed by atoms with Gasteiger partial charge in [-0.15, -0.1) is 0 Å². The maximum atomic E-state index is 13.4. The van der Waals surface area contributed by atoms with Crippen LogP contribution in [0.4, 0.5) is 8.78 Å². The highest BCUT2D eigenvalue weighted by atomic mass is 19.1. The average molecular weight is 358 g/mol. The van der Waals surface area contributed by atoms with E-state index < -0.39 is 5.82 Å². The van der Waals surface area contributed by atoms with Crippen molar-refractivity contribution in [2.45, 2.75) is 13.0 Å². The minimum atomic E-state index is -0.654. The highest BCUT2D eigenvalue weighted by Crippen LogP contribution is 2.19. The molecular weight excluding hydrogens is 338 g/mol. The van der Waals surface area contributed by atoms with Crippen LogP contribution in [0.25, 0.3) is 10.9 Å². The van der Waals surface area contributed by atoms with Gasteiger partial charge in [-0.1, -0.05) is 6.07 Å². The predicted molar refractivity (Wildman–Crippen MR) is 98.2 cm³/mol. The number of fused-ring (bicyclic) bond motifs is 1. The summed E-state index contributed by atoms with van der Waals surface area (Å²) in [4.78, 5) is 7.25. The number of nitrogens with zero attached hydrogens (tertiary/aromatic N) is 1. The summed E-state index contributed by atoms with van der Waals surface area (Å²) in [6.07, 6.45) is 2.57. The first-order valence-corrected chi connectivity index (χ1v) is 8.24. The number of hydrogen-bond acceptors (Lipinski definition) is 2. The molecule has 0 fully saturated rings. The van der Waals surface area contributed by atoms with E-state index in [9.17, 15) is 13.9 Å². The van der Waals surface area contributed by atoms with Crippen molar-refractivity contribution in [3.63, 3.8) is 0 Å². The van der Waals surface area contributed by atoms with Crippen LogP contribution in [0.1, 0.15) is 11.1 Å². The number of halogens is 2. The van der Waals surface area contributed by atoms with Gasteiger partial charge in [0.2, 0.25) is 0 Å². The largest absolute Gasteiger partial charge is 0.505 e. The van der Waals surface area contributed by atoms with E-state index in [0.717, 1.165) is 16.5 Å². The van der Waals surface area contributed by atoms with E-state index in [1.54, 1.807) is 19.2 Å². The minimum absolute atomic E-state index is 0.259. The Morgan fingerprint density at radius 3 is 2.77 bits per heavy atom. The first kappa shape index (κ1) is 17.7. The molecule has 0 aliphatic heterocycles. The Morgan fingerprint density at radius 1 is 1.15 bits per heavy atom. The topological polar surface area (TPSA) is 72.4 Å². The van der Waals surface area contributed by atoms with E-state index >= 15 is 0 Å². The van der Waals surface area contributed by atoms with Crippen LogP contribution in [-0.2, 0) is 13.0 Å². The van der Waals surface area contributed by atoms with Crippen molar-refractivity contribution in [1.29, 1.82) is 0 Å². The summed E-state index contributed by atoms with van der Waals surface area (Å²) in [6.45, 7) is 0.974. The summed E-state index contributed by atoms with van der Waals surface area (Å²) in [5, 5.41) is 16.3. The highest BCUT2D eigenvalue weighted by molar-refractivity contribution is 5.83. The highest BCUT2D eigenvalue weighted by Gasteiger charge is 2.06. The molecule has 0 amide bonds. The number of aliphatic imine (C=N–C) groups is 1. The number of hydrogen-bond donors (Lipinski definition) is 4. The average Bonchev–Trinajstić information content (AvgIpc) is 3.03. The van der Waals surface area contributed by atoms with E-state index in [-0.39, 0.29) is 11.6 Å². The first-order chi connectivity index (χ1) is 12.6. The molecule has 0 spiro atoms. The molecule has 1 aromatic heterocycles. The number of guanidine groups is 1. The molecule has 3 aromatic rings. The lowest BCUT2D eigenvalue weighted by molar-refractivity contribution is 0.431. The van der Waals surface area contributed by atoms with Gasteiger partial charge in [-0.3, -0.25) is 4.99 Å². The molecule has 5 nitrogen and oxygen atoms in total. The zero-order chi connectivity index (χ0) is 18.5. The van der Waals surface area contributed by atoms with Crippen molar-refractivity contribution in [2.75, 3.05) is 13.6 Å². The van der Waals surface area contributed by atoms with Gasteiger partial charge in [0.1, 0.15) is 5.82 Å². The molecule has 7 heteroatoms. The number of aromatic amines is 1. The Bertz CT molecular complexity index is 936. The third-order valence-electron chi connectivity index (χ3n) is 4.11. The molecular formula is C19H20F2N4O. The summed E-state index contributed by atoms with van der Waals surface area (Å²) in [5.74, 6) is -0.709. The SMILES string of the molecule is CN=C(NCCc1c[nH]c2ccc(F)cc12)NCc1ccc(O)c(F)c1. The lowest BCUT2D eigenvalue weighted by Gasteiger charge is -2.12. The summed E-state index contributed by atoms with van der Waals surface area (Å²) in [5.41, 5.74) is 2.61. The summed E-state index contributed by atoms with van der Waals surface area (Å²) < 4.78 is 26.8. The van der Waals surface area contributed by atoms with E-state index in [1.807, 2.05) is 6.20 Å². The molecule has 0 radical (unpaired) electrons. The number of aromatic nitrogens is 1. The molecule has 0 atom stereocenters. The van der Waals surface area contributed by atoms with Crippen LogP contribution < -0.4 is 10.6 Å². The molecule has 0 aliphatic rings. The Kier molecular flexibility index (Phi) is 5.36. The number of benzene rings is 2. The maximum absolute atomic E-state index is 13.4. The van der Waals surface area contributed by atoms with Gasteiger partial charge in [-0.05, 0) is 47.9 Å². The Balaban J connectivity index is 1.54. The maximum Gasteiger partial charge on any atom is 0.191 e. The van der Waals surface area contributed by atoms with E-state index in [0.29, 0.717) is 31.0 Å². The molecule has 1 heterocycles. The molecule has 136 valence electrons. The van der Waals surface area contributed by atoms with Gasteiger partial charge in [0.05, 0.1) is 0 Å². The van der Waals surface area contributed by atoms with Crippen molar-refractivity contribution in [3.05, 3.63) is 65.4 Å². The molecule has 0 bridgehead atoms. The van der Waals surface area contributed by atoms with Crippen molar-refractivity contribution < 1.29 is 13.9 Å². The van der Waals surface area contributed by atoms with E-state index in [2.05, 4.69) is 20.6 Å². The molecule has 4 N–H and O–H groups in total. The lowest BCUT2D eigenvalue weighted by Crippen LogP contribution is -2.37. The minimum Gasteiger partial charge on any atom is -0.505 e. The predicted octanol–water partition coefficient (Wildman–Crippen LogP) is 3.06. The van der Waals surface area contributed by atoms with Gasteiger partial charge in [0, 0.05) is 37.2 Å². The fourth-order valence-corrected chi connectivity index (χ4v) is 2.74. The third kappa shape index (κ3) is 4.11. The van der Waals surface area contributed by atoms with Crippen LogP contribution in [0.3, 0.4) is 0 Å². The normalized spacial score (nSPS) is 11.7. The van der Waals surface area contributed by atoms with Crippen LogP contribution in [0.15, 0.2) is 47.6 Å². The Hall–Kier alpha value is -3.09. The van der Waals surface area contributed by atoms with Gasteiger partial charge >= 0.3 is 0 Å². The van der Waals surface area contributed by atoms with E-state index in [4.69, 9.17) is 0 Å². The van der Waals surface area contributed by atoms with Crippen LogP contribution >= 0.6 is 0 Å². The molecule has 2 aromatic carbocycles. The quantitative estimate of drug-likeness (QED) is 0.418. The number of aromatic hydroxyl groups is 1. The lowest BCUT2D eigenvalue weighted by atomic mass is 10.1. The second kappa shape index (κ2) is 7.86. The zero-order valence-electron chi connectivity index (χ0n) is 14.3. The van der Waals surface area contributed by atoms with E-state index in [1.165, 1.54) is 24.3 Å². The van der Waals surface area contributed by atoms with Crippen molar-refractivity contribution in [3.8, 4) is 5.75 Å². The molecule has 0 aliphatic carbocycles. The van der Waals surface area contributed by atoms with Gasteiger partial charge in [-0.2, -0.15) is 0 Å². The molecule has 26 heavy (non-hydrogen) atoms. The number of H-pyrrole nitrogens is 1. The van der Waals surface area contributed by atoms with Crippen molar-refractivity contribution in [2.24, 2.45) is 4.99 Å². The first-order valence-electron chi connectivity index (χ1n) is 8.24. The van der Waals surface area contributed by atoms with Crippen LogP contribution in [0.5, 0.6) is 5.75 Å². The second-order valence-corrected chi connectivity index (χ2v) is 5.89. The van der Waals surface area contributed by atoms with Gasteiger partial charge in [-0.25, -0.2) is 8.78 Å². The van der Waals surface area contributed by atoms with Crippen LogP contribution in [0, 0.1) is 11.6 Å². The van der Waals surface area contributed by atoms with Gasteiger partial charge < -0.3 is 20.7 Å². The standard InChI is InChI=1S/C19H20F2N4O/c1-22-19(25-10-12-2-5-18(26)16(21)8-12)23-7-6-13-11-24-17-4-3-14(20)9-15(13)17/h2-5,8-9,11,24,26H,6-7,10H2,1H3,(H2,22,23,25). The summed E-state index contributed by atoms with van der Waals surface area (Å²) >= 11 is 0. The van der Waals surface area contributed by atoms with Crippen LogP contribution in [-0.4, -0.2) is 29.6 Å². The molecule has 0 saturated carbocycles. The third-order valence-corrected chi connectivity index (χ3v) is 4.11. The molecule has 0 unspecified atom stereocenters. The Labute approximate surface area is 149 Å². The molecule has 3 rings (SSSR count). The molecule has 0 saturated heterocycles. The second-order valence-electron chi connectivity index (χ2n) is 5.89. The number of rotatable bonds is 5. The summed E-state index contributed by atoms with van der Waals surface area (Å²) in [6, 6.07) is 8.90. The zero-order valence-corrected chi connectivity index (χ0v) is 14.3. The summed E-state index contributed by atoms with van der Waals surface area (Å²) in [7, 11) is 1.65. The monoisotopic (exact) mass is 358 g/mol. The smallest absolute Gasteiger partial charge is 0.191 e. The number of nitrogens with one attached hydrogen (secondary N) is 3.